The fourth-order valence-electron chi connectivity index (χ4n) is 3.25. The first-order valence-electron chi connectivity index (χ1n) is 9.03. The van der Waals surface area contributed by atoms with Crippen LogP contribution in [0.5, 0.6) is 11.5 Å². The molecule has 3 aromatic rings. The van der Waals surface area contributed by atoms with Crippen LogP contribution in [0.3, 0.4) is 0 Å². The van der Waals surface area contributed by atoms with E-state index in [4.69, 9.17) is 9.47 Å². The van der Waals surface area contributed by atoms with Crippen LogP contribution in [0.2, 0.25) is 0 Å². The minimum absolute atomic E-state index is 0.129. The van der Waals surface area contributed by atoms with E-state index >= 15 is 0 Å². The van der Waals surface area contributed by atoms with Crippen molar-refractivity contribution in [1.29, 1.82) is 0 Å². The van der Waals surface area contributed by atoms with Crippen molar-refractivity contribution in [3.63, 3.8) is 0 Å². The molecule has 2 aromatic carbocycles. The fraction of sp³-hybridized carbons (Fsp3) is 0.200. The monoisotopic (exact) mass is 426 g/mol. The Morgan fingerprint density at radius 3 is 2.67 bits per heavy atom. The van der Waals surface area contributed by atoms with Crippen molar-refractivity contribution >= 4 is 29.0 Å². The highest BCUT2D eigenvalue weighted by Crippen LogP contribution is 2.36. The van der Waals surface area contributed by atoms with E-state index in [1.165, 1.54) is 26.4 Å². The van der Waals surface area contributed by atoms with Gasteiger partial charge in [0.05, 0.1) is 36.6 Å². The number of fused-ring (bicyclic) bond motifs is 1. The molecular weight excluding hydrogens is 408 g/mol. The third kappa shape index (κ3) is 3.57. The van der Waals surface area contributed by atoms with E-state index in [1.807, 2.05) is 18.3 Å². The van der Waals surface area contributed by atoms with E-state index in [0.717, 1.165) is 28.7 Å². The molecule has 2 heterocycles. The number of thioether (sulfide) groups is 1. The van der Waals surface area contributed by atoms with Gasteiger partial charge in [0, 0.05) is 30.1 Å². The molecule has 0 atom stereocenters. The molecule has 1 aliphatic heterocycles. The Morgan fingerprint density at radius 1 is 1.23 bits per heavy atom. The molecule has 0 aliphatic carbocycles. The van der Waals surface area contributed by atoms with Gasteiger partial charge in [0.2, 0.25) is 0 Å². The number of hydrogen-bond donors (Lipinski definition) is 1. The van der Waals surface area contributed by atoms with Crippen LogP contribution in [-0.2, 0) is 6.54 Å². The number of nitrogens with one attached hydrogen (secondary N) is 1. The number of benzene rings is 2. The first kappa shape index (κ1) is 19.8. The van der Waals surface area contributed by atoms with Crippen LogP contribution < -0.4 is 14.8 Å². The summed E-state index contributed by atoms with van der Waals surface area (Å²) in [7, 11) is 2.77. The number of methoxy groups -OCH3 is 2. The summed E-state index contributed by atoms with van der Waals surface area (Å²) in [5.74, 6) is 0.760. The summed E-state index contributed by atoms with van der Waals surface area (Å²) in [4.78, 5) is 28.5. The number of nitro groups is 1. The van der Waals surface area contributed by atoms with Crippen molar-refractivity contribution in [1.82, 2.24) is 9.55 Å². The number of nitrogens with zero attached hydrogens (tertiary/aromatic N) is 3. The maximum Gasteiger partial charge on any atom is 0.286 e. The SMILES string of the molecule is COc1cc(C(=O)Nc2ccccc2-c2cn3c(n2)SCC3)c([N+](=O)[O-])cc1OC. The molecule has 30 heavy (non-hydrogen) atoms. The molecule has 1 aliphatic rings. The van der Waals surface area contributed by atoms with Gasteiger partial charge in [-0.15, -0.1) is 0 Å². The lowest BCUT2D eigenvalue weighted by Crippen LogP contribution is -2.15. The summed E-state index contributed by atoms with van der Waals surface area (Å²) in [6.07, 6.45) is 1.94. The van der Waals surface area contributed by atoms with Gasteiger partial charge >= 0.3 is 0 Å². The summed E-state index contributed by atoms with van der Waals surface area (Å²) in [5.41, 5.74) is 1.47. The van der Waals surface area contributed by atoms with E-state index < -0.39 is 10.8 Å². The van der Waals surface area contributed by atoms with Gasteiger partial charge < -0.3 is 19.4 Å². The number of carbonyl (C=O) groups excluding carboxylic acids is 1. The third-order valence-corrected chi connectivity index (χ3v) is 5.67. The van der Waals surface area contributed by atoms with E-state index in [2.05, 4.69) is 14.9 Å². The molecular formula is C20H18N4O5S. The largest absolute Gasteiger partial charge is 0.493 e. The van der Waals surface area contributed by atoms with Crippen LogP contribution in [0.1, 0.15) is 10.4 Å². The van der Waals surface area contributed by atoms with E-state index in [1.54, 1.807) is 23.9 Å². The Balaban J connectivity index is 1.70. The number of rotatable bonds is 6. The van der Waals surface area contributed by atoms with Crippen LogP contribution in [0.25, 0.3) is 11.3 Å². The maximum atomic E-state index is 13.0. The summed E-state index contributed by atoms with van der Waals surface area (Å²) < 4.78 is 12.4. The Morgan fingerprint density at radius 2 is 1.97 bits per heavy atom. The molecule has 1 amide bonds. The highest BCUT2D eigenvalue weighted by molar-refractivity contribution is 7.99. The first-order valence-corrected chi connectivity index (χ1v) is 10.0. The molecule has 154 valence electrons. The first-order chi connectivity index (χ1) is 14.5. The lowest BCUT2D eigenvalue weighted by Gasteiger charge is -2.12. The van der Waals surface area contributed by atoms with Gasteiger partial charge in [0.1, 0.15) is 5.56 Å². The Bertz CT molecular complexity index is 1120. The van der Waals surface area contributed by atoms with Crippen molar-refractivity contribution in [2.45, 2.75) is 11.7 Å². The van der Waals surface area contributed by atoms with E-state index in [-0.39, 0.29) is 22.7 Å². The van der Waals surface area contributed by atoms with Gasteiger partial charge in [-0.1, -0.05) is 30.0 Å². The Kier molecular flexibility index (Phi) is 5.32. The van der Waals surface area contributed by atoms with Crippen molar-refractivity contribution in [2.75, 3.05) is 25.3 Å². The molecule has 1 aromatic heterocycles. The van der Waals surface area contributed by atoms with Gasteiger partial charge in [-0.3, -0.25) is 14.9 Å². The second-order valence-corrected chi connectivity index (χ2v) is 7.49. The van der Waals surface area contributed by atoms with Crippen LogP contribution in [0, 0.1) is 10.1 Å². The van der Waals surface area contributed by atoms with Gasteiger partial charge in [-0.05, 0) is 6.07 Å². The second-order valence-electron chi connectivity index (χ2n) is 6.43. The predicted octanol–water partition coefficient (Wildman–Crippen LogP) is 3.83. The Hall–Kier alpha value is -3.53. The summed E-state index contributed by atoms with van der Waals surface area (Å²) in [6, 6.07) is 9.69. The lowest BCUT2D eigenvalue weighted by atomic mass is 10.1. The van der Waals surface area contributed by atoms with E-state index in [0.29, 0.717) is 5.69 Å². The molecule has 0 radical (unpaired) electrons. The minimum atomic E-state index is -0.628. The number of aryl methyl sites for hydroxylation is 1. The topological polar surface area (TPSA) is 109 Å². The summed E-state index contributed by atoms with van der Waals surface area (Å²) >= 11 is 1.68. The molecule has 9 nitrogen and oxygen atoms in total. The van der Waals surface area contributed by atoms with Crippen molar-refractivity contribution in [3.8, 4) is 22.8 Å². The number of nitro benzene ring substituents is 1. The van der Waals surface area contributed by atoms with Gasteiger partial charge in [-0.2, -0.15) is 0 Å². The van der Waals surface area contributed by atoms with Crippen molar-refractivity contribution in [3.05, 3.63) is 58.3 Å². The van der Waals surface area contributed by atoms with Crippen molar-refractivity contribution in [2.24, 2.45) is 0 Å². The van der Waals surface area contributed by atoms with Crippen LogP contribution in [0.4, 0.5) is 11.4 Å². The number of amides is 1. The van der Waals surface area contributed by atoms with Gasteiger partial charge in [-0.25, -0.2) is 4.98 Å². The number of ether oxygens (including phenoxy) is 2. The molecule has 10 heteroatoms. The van der Waals surface area contributed by atoms with Gasteiger partial charge in [0.25, 0.3) is 11.6 Å². The van der Waals surface area contributed by atoms with Crippen LogP contribution in [-0.4, -0.2) is 40.4 Å². The third-order valence-electron chi connectivity index (χ3n) is 4.70. The van der Waals surface area contributed by atoms with Crippen molar-refractivity contribution < 1.29 is 19.2 Å². The number of imidazole rings is 1. The van der Waals surface area contributed by atoms with E-state index in [9.17, 15) is 14.9 Å². The number of anilines is 1. The summed E-state index contributed by atoms with van der Waals surface area (Å²) in [5, 5.41) is 15.2. The van der Waals surface area contributed by atoms with Crippen LogP contribution in [0.15, 0.2) is 47.8 Å². The molecule has 4 rings (SSSR count). The molecule has 0 bridgehead atoms. The molecule has 0 spiro atoms. The molecule has 1 N–H and O–H groups in total. The minimum Gasteiger partial charge on any atom is -0.493 e. The zero-order valence-corrected chi connectivity index (χ0v) is 17.1. The number of carbonyl (C=O) groups is 1. The maximum absolute atomic E-state index is 13.0. The number of aromatic nitrogens is 2. The molecule has 0 saturated carbocycles. The summed E-state index contributed by atoms with van der Waals surface area (Å²) in [6.45, 7) is 0.888. The lowest BCUT2D eigenvalue weighted by molar-refractivity contribution is -0.385. The zero-order chi connectivity index (χ0) is 21.3. The number of hydrogen-bond acceptors (Lipinski definition) is 7. The fourth-order valence-corrected chi connectivity index (χ4v) is 4.19. The van der Waals surface area contributed by atoms with Crippen LogP contribution >= 0.6 is 11.8 Å². The quantitative estimate of drug-likeness (QED) is 0.471. The smallest absolute Gasteiger partial charge is 0.286 e. The zero-order valence-electron chi connectivity index (χ0n) is 16.2. The average molecular weight is 426 g/mol. The average Bonchev–Trinajstić information content (AvgIpc) is 3.35. The normalized spacial score (nSPS) is 12.3. The number of para-hydroxylation sites is 1. The molecule has 0 fully saturated rings. The molecule has 0 saturated heterocycles. The standard InChI is InChI=1S/C20H18N4O5S/c1-28-17-9-13(16(24(26)27)10-18(17)29-2)19(25)21-14-6-4-3-5-12(14)15-11-23-7-8-30-20(23)22-15/h3-6,9-11H,7-8H2,1-2H3,(H,21,25). The Labute approximate surface area is 176 Å². The highest BCUT2D eigenvalue weighted by atomic mass is 32.2. The highest BCUT2D eigenvalue weighted by Gasteiger charge is 2.25. The van der Waals surface area contributed by atoms with Gasteiger partial charge in [0.15, 0.2) is 16.7 Å². The predicted molar refractivity (Wildman–Crippen MR) is 113 cm³/mol. The molecule has 0 unspecified atom stereocenters. The second kappa shape index (κ2) is 8.07.